The van der Waals surface area contributed by atoms with Gasteiger partial charge in [0.1, 0.15) is 5.65 Å². The summed E-state index contributed by atoms with van der Waals surface area (Å²) in [6, 6.07) is 53.0. The summed E-state index contributed by atoms with van der Waals surface area (Å²) in [5.41, 5.74) is 6.76. The number of benzene rings is 8. The van der Waals surface area contributed by atoms with Gasteiger partial charge in [0.05, 0.1) is 16.6 Å². The monoisotopic (exact) mass is 544 g/mol. The number of fused-ring (bicyclic) bond motifs is 16. The number of nitrogens with zero attached hydrogens (tertiary/aromatic N) is 2. The van der Waals surface area contributed by atoms with Crippen LogP contribution in [0.3, 0.4) is 0 Å². The molecule has 10 aromatic rings. The number of hydrogen-bond acceptors (Lipinski definition) is 1. The van der Waals surface area contributed by atoms with E-state index in [-0.39, 0.29) is 0 Å². The topological polar surface area (TPSA) is 17.3 Å². The van der Waals surface area contributed by atoms with Crippen molar-refractivity contribution in [3.63, 3.8) is 0 Å². The van der Waals surface area contributed by atoms with Gasteiger partial charge in [-0.2, -0.15) is 0 Å². The molecule has 0 aliphatic rings. The molecule has 2 aromatic heterocycles. The summed E-state index contributed by atoms with van der Waals surface area (Å²) in [7, 11) is 0. The number of imidazole rings is 1. The molecule has 0 aliphatic carbocycles. The third-order valence-electron chi connectivity index (χ3n) is 9.30. The quantitative estimate of drug-likeness (QED) is 0.188. The van der Waals surface area contributed by atoms with E-state index in [2.05, 4.69) is 150 Å². The zero-order valence-electron chi connectivity index (χ0n) is 23.3. The molecular weight excluding hydrogens is 520 g/mol. The summed E-state index contributed by atoms with van der Waals surface area (Å²) < 4.78 is 2.41. The molecular formula is C41H24N2. The number of rotatable bonds is 1. The van der Waals surface area contributed by atoms with Gasteiger partial charge >= 0.3 is 0 Å². The lowest BCUT2D eigenvalue weighted by Gasteiger charge is -2.15. The molecule has 0 N–H and O–H groups in total. The first-order valence-electron chi connectivity index (χ1n) is 14.8. The molecule has 43 heavy (non-hydrogen) atoms. The van der Waals surface area contributed by atoms with Gasteiger partial charge in [-0.3, -0.25) is 4.40 Å². The second-order valence-electron chi connectivity index (χ2n) is 11.5. The van der Waals surface area contributed by atoms with Crippen LogP contribution in [0.15, 0.2) is 146 Å². The number of hydrogen-bond donors (Lipinski definition) is 0. The minimum absolute atomic E-state index is 0.999. The highest BCUT2D eigenvalue weighted by Gasteiger charge is 2.19. The van der Waals surface area contributed by atoms with E-state index in [4.69, 9.17) is 4.98 Å². The van der Waals surface area contributed by atoms with Crippen molar-refractivity contribution in [1.29, 1.82) is 0 Å². The predicted molar refractivity (Wildman–Crippen MR) is 183 cm³/mol. The summed E-state index contributed by atoms with van der Waals surface area (Å²) >= 11 is 0. The molecule has 0 aliphatic heterocycles. The van der Waals surface area contributed by atoms with Gasteiger partial charge in [0.15, 0.2) is 0 Å². The summed E-state index contributed by atoms with van der Waals surface area (Å²) in [5.74, 6) is 0. The molecule has 0 fully saturated rings. The highest BCUT2D eigenvalue weighted by atomic mass is 15.0. The van der Waals surface area contributed by atoms with E-state index in [1.54, 1.807) is 0 Å². The van der Waals surface area contributed by atoms with Crippen LogP contribution in [0, 0.1) is 0 Å². The average Bonchev–Trinajstić information content (AvgIpc) is 3.47. The van der Waals surface area contributed by atoms with Crippen molar-refractivity contribution >= 4 is 81.4 Å². The lowest BCUT2D eigenvalue weighted by atomic mass is 9.93. The van der Waals surface area contributed by atoms with Crippen LogP contribution in [-0.4, -0.2) is 9.38 Å². The van der Waals surface area contributed by atoms with Crippen molar-refractivity contribution in [1.82, 2.24) is 9.38 Å². The molecule has 0 spiro atoms. The van der Waals surface area contributed by atoms with Crippen molar-refractivity contribution in [3.05, 3.63) is 146 Å². The van der Waals surface area contributed by atoms with E-state index in [1.807, 2.05) is 0 Å². The van der Waals surface area contributed by atoms with Crippen LogP contribution in [0.4, 0.5) is 0 Å². The van der Waals surface area contributed by atoms with E-state index < -0.39 is 0 Å². The Morgan fingerprint density at radius 1 is 0.419 bits per heavy atom. The Morgan fingerprint density at radius 3 is 1.70 bits per heavy atom. The molecule has 0 radical (unpaired) electrons. The molecule has 2 nitrogen and oxygen atoms in total. The molecule has 8 aromatic carbocycles. The van der Waals surface area contributed by atoms with Gasteiger partial charge in [-0.1, -0.05) is 127 Å². The summed E-state index contributed by atoms with van der Waals surface area (Å²) in [4.78, 5) is 5.37. The van der Waals surface area contributed by atoms with Crippen LogP contribution >= 0.6 is 0 Å². The van der Waals surface area contributed by atoms with Gasteiger partial charge in [-0.15, -0.1) is 0 Å². The fraction of sp³-hybridized carbons (Fsp3) is 0. The summed E-state index contributed by atoms with van der Waals surface area (Å²) in [6.07, 6.45) is 0. The van der Waals surface area contributed by atoms with E-state index in [0.29, 0.717) is 0 Å². The molecule has 0 amide bonds. The normalized spacial score (nSPS) is 12.2. The molecule has 0 atom stereocenters. The zero-order chi connectivity index (χ0) is 28.1. The predicted octanol–water partition coefficient (Wildman–Crippen LogP) is 11.1. The zero-order valence-corrected chi connectivity index (χ0v) is 23.3. The minimum atomic E-state index is 0.999. The second kappa shape index (κ2) is 8.40. The van der Waals surface area contributed by atoms with Crippen LogP contribution < -0.4 is 0 Å². The Hall–Kier alpha value is -5.73. The Bertz CT molecular complexity index is 2780. The average molecular weight is 545 g/mol. The maximum Gasteiger partial charge on any atom is 0.146 e. The third kappa shape index (κ3) is 3.05. The lowest BCUT2D eigenvalue weighted by Crippen LogP contribution is -1.94. The first kappa shape index (κ1) is 22.9. The molecule has 10 rings (SSSR count). The minimum Gasteiger partial charge on any atom is -0.291 e. The van der Waals surface area contributed by atoms with Crippen molar-refractivity contribution in [3.8, 4) is 11.1 Å². The highest BCUT2D eigenvalue weighted by Crippen LogP contribution is 2.42. The van der Waals surface area contributed by atoms with Gasteiger partial charge in [0.2, 0.25) is 0 Å². The largest absolute Gasteiger partial charge is 0.291 e. The summed E-state index contributed by atoms with van der Waals surface area (Å²) in [6.45, 7) is 0. The van der Waals surface area contributed by atoms with Crippen molar-refractivity contribution in [2.24, 2.45) is 0 Å². The first-order chi connectivity index (χ1) is 21.3. The molecule has 0 saturated carbocycles. The third-order valence-corrected chi connectivity index (χ3v) is 9.30. The number of pyridine rings is 1. The first-order valence-corrected chi connectivity index (χ1v) is 14.8. The molecule has 2 heterocycles. The molecule has 0 bridgehead atoms. The fourth-order valence-electron chi connectivity index (χ4n) is 7.47. The standard InChI is InChI=1S/C41H24N2/c1-2-12-27-25(11-1)23-36(31-16-4-3-13-28(27)31)26-21-22-38-37(24-26)42-41-35-20-10-8-18-33(35)39-32-17-7-5-14-29(32)30-15-6-9-19-34(30)40(39)43(38)41/h1-24H. The van der Waals surface area contributed by atoms with Crippen LogP contribution in [0.25, 0.3) is 92.6 Å². The van der Waals surface area contributed by atoms with Crippen LogP contribution in [0.2, 0.25) is 0 Å². The van der Waals surface area contributed by atoms with Gasteiger partial charge < -0.3 is 0 Å². The van der Waals surface area contributed by atoms with Crippen molar-refractivity contribution in [2.75, 3.05) is 0 Å². The van der Waals surface area contributed by atoms with Crippen molar-refractivity contribution in [2.45, 2.75) is 0 Å². The van der Waals surface area contributed by atoms with E-state index in [9.17, 15) is 0 Å². The SMILES string of the molecule is c1ccc2c(c1)cc(-c1ccc3c(c1)nc1c4ccccc4c4c5ccccc5c5ccccc5c4n31)c1ccccc12. The molecule has 198 valence electrons. The van der Waals surface area contributed by atoms with Gasteiger partial charge in [0.25, 0.3) is 0 Å². The molecule has 0 saturated heterocycles. The Labute approximate surface area is 247 Å². The van der Waals surface area contributed by atoms with Crippen molar-refractivity contribution < 1.29 is 0 Å². The Morgan fingerprint density at radius 2 is 0.953 bits per heavy atom. The van der Waals surface area contributed by atoms with E-state index in [1.165, 1.54) is 75.9 Å². The lowest BCUT2D eigenvalue weighted by molar-refractivity contribution is 1.33. The highest BCUT2D eigenvalue weighted by molar-refractivity contribution is 6.32. The van der Waals surface area contributed by atoms with E-state index >= 15 is 0 Å². The van der Waals surface area contributed by atoms with Crippen LogP contribution in [0.5, 0.6) is 0 Å². The smallest absolute Gasteiger partial charge is 0.146 e. The maximum absolute atomic E-state index is 5.37. The molecule has 0 unspecified atom stereocenters. The van der Waals surface area contributed by atoms with Gasteiger partial charge in [-0.05, 0) is 72.4 Å². The van der Waals surface area contributed by atoms with Gasteiger partial charge in [0, 0.05) is 16.2 Å². The Balaban J connectivity index is 1.39. The van der Waals surface area contributed by atoms with Gasteiger partial charge in [-0.25, -0.2) is 4.98 Å². The molecule has 2 heteroatoms. The maximum atomic E-state index is 5.37. The van der Waals surface area contributed by atoms with E-state index in [0.717, 1.165) is 16.7 Å². The second-order valence-corrected chi connectivity index (χ2v) is 11.5. The fourth-order valence-corrected chi connectivity index (χ4v) is 7.47. The van der Waals surface area contributed by atoms with Crippen LogP contribution in [-0.2, 0) is 0 Å². The number of aromatic nitrogens is 2. The Kier molecular flexibility index (Phi) is 4.48. The van der Waals surface area contributed by atoms with Crippen LogP contribution in [0.1, 0.15) is 0 Å². The summed E-state index contributed by atoms with van der Waals surface area (Å²) in [5, 5.41) is 13.8.